The molecule has 4 rings (SSSR count). The Labute approximate surface area is 809 Å². The number of ether oxygens (including phenoxy) is 10. The maximum Gasteiger partial charge on any atom is 0.310 e. The summed E-state index contributed by atoms with van der Waals surface area (Å²) >= 11 is 0. The van der Waals surface area contributed by atoms with Crippen molar-refractivity contribution in [2.75, 3.05) is 19.8 Å². The average Bonchev–Trinajstić information content (AvgIpc) is 0.786. The number of hydrogen-bond acceptors (Lipinski definition) is 18. The molecule has 2 fully saturated rings. The molecule has 0 unspecified atom stereocenters. The van der Waals surface area contributed by atoms with E-state index < -0.39 is 104 Å². The van der Waals surface area contributed by atoms with E-state index in [0.29, 0.717) is 51.4 Å². The van der Waals surface area contributed by atoms with Crippen molar-refractivity contribution in [1.82, 2.24) is 10.6 Å². The molecule has 2 saturated heterocycles. The van der Waals surface area contributed by atoms with Gasteiger partial charge in [-0.25, -0.2) is 0 Å². The zero-order valence-electron chi connectivity index (χ0n) is 85.3. The molecule has 2 heterocycles. The monoisotopic (exact) mass is 1870 g/mol. The van der Waals surface area contributed by atoms with Gasteiger partial charge in [-0.1, -0.05) is 455 Å². The molecule has 2 aromatic carbocycles. The number of carbonyl (C=O) groups is 6. The van der Waals surface area contributed by atoms with E-state index in [4.69, 9.17) is 47.4 Å². The van der Waals surface area contributed by atoms with E-state index in [1.165, 1.54) is 218 Å². The number of esters is 4. The Morgan fingerprint density at radius 1 is 0.338 bits per heavy atom. The fourth-order valence-corrected chi connectivity index (χ4v) is 18.6. The second-order valence-electron chi connectivity index (χ2n) is 39.1. The normalized spacial score (nSPS) is 19.1. The first-order valence-electron chi connectivity index (χ1n) is 55.3. The van der Waals surface area contributed by atoms with Crippen molar-refractivity contribution in [3.63, 3.8) is 0 Å². The van der Waals surface area contributed by atoms with Crippen LogP contribution in [0.25, 0.3) is 0 Å². The number of amides is 2. The first-order valence-corrected chi connectivity index (χ1v) is 55.3. The third kappa shape index (κ3) is 61.7. The molecule has 0 aromatic heterocycles. The largest absolute Gasteiger partial charge is 0.462 e. The van der Waals surface area contributed by atoms with Crippen molar-refractivity contribution < 1.29 is 86.3 Å². The summed E-state index contributed by atoms with van der Waals surface area (Å²) in [4.78, 5) is 87.5. The summed E-state index contributed by atoms with van der Waals surface area (Å²) in [7, 11) is 0. The van der Waals surface area contributed by atoms with E-state index in [0.717, 1.165) is 146 Å². The molecule has 13 atom stereocenters. The van der Waals surface area contributed by atoms with Gasteiger partial charge in [-0.2, -0.15) is 0 Å². The lowest BCUT2D eigenvalue weighted by molar-refractivity contribution is -0.307. The Morgan fingerprint density at radius 3 is 1.00 bits per heavy atom. The highest BCUT2D eigenvalue weighted by molar-refractivity contribution is 5.79. The van der Waals surface area contributed by atoms with Crippen LogP contribution in [0.3, 0.4) is 0 Å². The first-order chi connectivity index (χ1) is 65.2. The van der Waals surface area contributed by atoms with E-state index in [9.17, 15) is 29.4 Å². The van der Waals surface area contributed by atoms with Crippen LogP contribution in [0.1, 0.15) is 496 Å². The Bertz CT molecular complexity index is 3090. The molecule has 0 bridgehead atoms. The Hall–Kier alpha value is -5.32. The van der Waals surface area contributed by atoms with Crippen LogP contribution in [0.4, 0.5) is 0 Å². The van der Waals surface area contributed by atoms with Gasteiger partial charge in [-0.05, 0) is 68.9 Å². The van der Waals surface area contributed by atoms with Gasteiger partial charge >= 0.3 is 23.9 Å². The number of carbonyl (C=O) groups excluding carboxylic acids is 6. The van der Waals surface area contributed by atoms with Crippen molar-refractivity contribution in [3.8, 4) is 0 Å². The van der Waals surface area contributed by atoms with E-state index >= 15 is 9.59 Å². The van der Waals surface area contributed by atoms with Gasteiger partial charge in [-0.15, -0.1) is 6.58 Å². The van der Waals surface area contributed by atoms with Crippen molar-refractivity contribution in [1.29, 1.82) is 0 Å². The van der Waals surface area contributed by atoms with Crippen LogP contribution in [-0.2, 0) is 89.3 Å². The summed E-state index contributed by atoms with van der Waals surface area (Å²) in [5.74, 6) is -2.96. The molecule has 0 saturated carbocycles. The summed E-state index contributed by atoms with van der Waals surface area (Å²) in [6, 6.07) is 16.3. The molecule has 0 aliphatic carbocycles. The van der Waals surface area contributed by atoms with Crippen LogP contribution in [-0.4, -0.2) is 145 Å². The highest BCUT2D eigenvalue weighted by atomic mass is 16.7. The maximum absolute atomic E-state index is 15.5. The number of unbranched alkanes of at least 4 members (excludes halogenated alkanes) is 54. The second-order valence-corrected chi connectivity index (χ2v) is 39.1. The fraction of sp³-hybridized carbons (Fsp3) is 0.823. The van der Waals surface area contributed by atoms with Gasteiger partial charge in [0.25, 0.3) is 0 Å². The topological polar surface area (TPSA) is 259 Å². The van der Waals surface area contributed by atoms with Gasteiger partial charge in [0.05, 0.1) is 52.3 Å². The number of rotatable bonds is 91. The van der Waals surface area contributed by atoms with E-state index in [2.05, 4.69) is 58.8 Å². The molecule has 2 aromatic rings. The predicted molar refractivity (Wildman–Crippen MR) is 539 cm³/mol. The molecule has 2 aliphatic heterocycles. The van der Waals surface area contributed by atoms with Gasteiger partial charge in [0.2, 0.25) is 11.8 Å². The van der Waals surface area contributed by atoms with Gasteiger partial charge in [0.1, 0.15) is 60.9 Å². The molecule has 766 valence electrons. The summed E-state index contributed by atoms with van der Waals surface area (Å²) in [5, 5.41) is 31.8. The summed E-state index contributed by atoms with van der Waals surface area (Å²) in [6.07, 6.45) is 55.7. The minimum Gasteiger partial charge on any atom is -0.462 e. The highest BCUT2D eigenvalue weighted by Crippen LogP contribution is 2.33. The molecular weight excluding hydrogens is 1670 g/mol. The predicted octanol–water partition coefficient (Wildman–Crippen LogP) is 27.8. The van der Waals surface area contributed by atoms with Gasteiger partial charge in [-0.3, -0.25) is 28.8 Å². The number of benzene rings is 2. The number of hydrogen-bond donors (Lipinski definition) is 4. The quantitative estimate of drug-likeness (QED) is 0.0208. The molecule has 0 spiro atoms. The molecule has 2 amide bonds. The molecule has 133 heavy (non-hydrogen) atoms. The smallest absolute Gasteiger partial charge is 0.310 e. The molecule has 20 nitrogen and oxygen atoms in total. The number of nitrogens with one attached hydrogen (secondary N) is 2. The van der Waals surface area contributed by atoms with Crippen molar-refractivity contribution in [2.45, 2.75) is 577 Å². The Kier molecular flexibility index (Phi) is 75.4. The first kappa shape index (κ1) is 120. The van der Waals surface area contributed by atoms with Crippen LogP contribution in [0.15, 0.2) is 73.3 Å². The lowest BCUT2D eigenvalue weighted by Crippen LogP contribution is -2.68. The second kappa shape index (κ2) is 83.6. The van der Waals surface area contributed by atoms with Crippen molar-refractivity contribution in [2.24, 2.45) is 0 Å². The highest BCUT2D eigenvalue weighted by Gasteiger charge is 2.52. The van der Waals surface area contributed by atoms with Gasteiger partial charge < -0.3 is 68.2 Å². The van der Waals surface area contributed by atoms with Crippen LogP contribution in [0.5, 0.6) is 0 Å². The van der Waals surface area contributed by atoms with E-state index in [1.54, 1.807) is 6.08 Å². The summed E-state index contributed by atoms with van der Waals surface area (Å²) in [5.41, 5.74) is 1.65. The Balaban J connectivity index is 1.78. The van der Waals surface area contributed by atoms with E-state index in [-0.39, 0.29) is 82.9 Å². The fourth-order valence-electron chi connectivity index (χ4n) is 18.6. The lowest BCUT2D eigenvalue weighted by atomic mass is 9.94. The zero-order chi connectivity index (χ0) is 95.7. The molecule has 2 aliphatic rings. The van der Waals surface area contributed by atoms with Gasteiger partial charge in [0.15, 0.2) is 18.7 Å². The maximum atomic E-state index is 15.5. The molecule has 0 radical (unpaired) electrons. The lowest BCUT2D eigenvalue weighted by Gasteiger charge is -2.47. The average molecular weight is 1870 g/mol. The third-order valence-electron chi connectivity index (χ3n) is 26.7. The summed E-state index contributed by atoms with van der Waals surface area (Å²) < 4.78 is 65.9. The third-order valence-corrected chi connectivity index (χ3v) is 26.7. The van der Waals surface area contributed by atoms with Crippen molar-refractivity contribution >= 4 is 35.7 Å². The SMILES string of the molecule is C=CCO[C@@H]1[C@@H](NC(=O)C[C@@H](CCCCCCCCCCC)OC(=O)CCCCCCCCCCCCC)[C@H](O)O[C@H](CO[C@@H]2O[C@H](COCc3ccccc3)[C@@H](O)[C@H](OC(=O)C[C@@H](CCCCCCCCCCC)OC(=O)CCCCCCCCCCCCC)[C@H]2NC(=O)C[C@@H](CCCCCCCCCCC)OC(=O)CCCCCCCCCCCCC)[C@H]1OCc1ccccc1. The van der Waals surface area contributed by atoms with Crippen molar-refractivity contribution in [3.05, 3.63) is 84.4 Å². The minimum atomic E-state index is -1.75. The van der Waals surface area contributed by atoms with Crippen LogP contribution in [0, 0.1) is 0 Å². The number of aliphatic hydroxyl groups excluding tert-OH is 2. The number of aliphatic hydroxyl groups is 2. The minimum absolute atomic E-state index is 0.0223. The molecule has 4 N–H and O–H groups in total. The molecular formula is C113H196N2O18. The van der Waals surface area contributed by atoms with Gasteiger partial charge in [0, 0.05) is 19.3 Å². The zero-order valence-corrected chi connectivity index (χ0v) is 85.3. The van der Waals surface area contributed by atoms with Crippen LogP contribution < -0.4 is 10.6 Å². The Morgan fingerprint density at radius 2 is 0.654 bits per heavy atom. The summed E-state index contributed by atoms with van der Waals surface area (Å²) in [6.45, 7) is 16.8. The van der Waals surface area contributed by atoms with E-state index in [1.807, 2.05) is 60.7 Å². The van der Waals surface area contributed by atoms with Crippen LogP contribution >= 0.6 is 0 Å². The standard InChI is InChI=1S/C113H196N2O18/c1-8-15-21-27-33-39-42-48-54-60-72-82-102(118)128-95(79-69-57-51-45-36-30-24-18-11-4)86-100(116)114-106-111(125-85-14-7)109(126-90-94-77-67-64-68-78-94)99(131-112(106)123)92-127-113-107(115-101(117)87-96(80-70-58-52-46-37-31-25-19-12-5)129-103(119)83-73-61-55-49-43-40-34-28-22-16-9-2)110(108(122)98(132-113)91-124-89-93-75-65-63-66-76-93)133-105(121)88-97(81-71-59-53-47-38-32-26-20-13-6)130-104(120)84-74-62-56-50-44-41-35-29-23-17-10-3/h14,63-68,75-78,95-99,106-113,122-123H,7-13,15-62,69-74,79-92H2,1-6H3,(H,114,116)(H,115,117)/t95-,96-,97-,98-,99-,106-,107-,108-,109-,110-,111-,112-,113-/m1/s1. The molecule has 20 heteroatoms. The van der Waals surface area contributed by atoms with Crippen LogP contribution in [0.2, 0.25) is 0 Å².